The van der Waals surface area contributed by atoms with Crippen LogP contribution in [0.4, 0.5) is 5.69 Å². The lowest BCUT2D eigenvalue weighted by molar-refractivity contribution is -0.119. The van der Waals surface area contributed by atoms with Gasteiger partial charge in [0.05, 0.1) is 28.4 Å². The zero-order valence-electron chi connectivity index (χ0n) is 22.6. The van der Waals surface area contributed by atoms with E-state index in [4.69, 9.17) is 21.1 Å². The minimum absolute atomic E-state index is 0.0677. The van der Waals surface area contributed by atoms with Crippen LogP contribution in [0.25, 0.3) is 0 Å². The van der Waals surface area contributed by atoms with Gasteiger partial charge in [-0.3, -0.25) is 9.10 Å². The molecule has 42 heavy (non-hydrogen) atoms. The van der Waals surface area contributed by atoms with E-state index in [1.54, 1.807) is 54.6 Å². The molecule has 4 aromatic rings. The van der Waals surface area contributed by atoms with Crippen molar-refractivity contribution >= 4 is 71.3 Å². The molecule has 4 aromatic carbocycles. The van der Waals surface area contributed by atoms with Gasteiger partial charge in [0.25, 0.3) is 15.9 Å². The molecule has 0 bridgehead atoms. The van der Waals surface area contributed by atoms with Crippen molar-refractivity contribution in [3.05, 3.63) is 116 Å². The molecule has 1 amide bonds. The molecular formula is C30H26Br2ClN3O5S. The summed E-state index contributed by atoms with van der Waals surface area (Å²) in [4.78, 5) is 13.0. The third-order valence-corrected chi connectivity index (χ3v) is 9.22. The molecule has 0 radical (unpaired) electrons. The Labute approximate surface area is 266 Å². The molecule has 8 nitrogen and oxygen atoms in total. The van der Waals surface area contributed by atoms with Crippen molar-refractivity contribution in [2.45, 2.75) is 18.4 Å². The summed E-state index contributed by atoms with van der Waals surface area (Å²) < 4.78 is 40.8. The molecule has 0 heterocycles. The fraction of sp³-hybridized carbons (Fsp3) is 0.133. The summed E-state index contributed by atoms with van der Waals surface area (Å²) in [6.07, 6.45) is 1.42. The first-order valence-corrected chi connectivity index (χ1v) is 15.9. The number of hydrogen-bond donors (Lipinski definition) is 1. The molecule has 0 spiro atoms. The Morgan fingerprint density at radius 2 is 1.76 bits per heavy atom. The number of anilines is 1. The van der Waals surface area contributed by atoms with Crippen LogP contribution >= 0.6 is 43.5 Å². The smallest absolute Gasteiger partial charge is 0.264 e. The number of benzene rings is 4. The normalized spacial score (nSPS) is 11.4. The lowest BCUT2D eigenvalue weighted by Crippen LogP contribution is -2.39. The highest BCUT2D eigenvalue weighted by Crippen LogP contribution is 2.37. The molecule has 0 aromatic heterocycles. The van der Waals surface area contributed by atoms with Gasteiger partial charge in [-0.15, -0.1) is 0 Å². The van der Waals surface area contributed by atoms with Crippen molar-refractivity contribution in [3.8, 4) is 11.5 Å². The summed E-state index contributed by atoms with van der Waals surface area (Å²) >= 11 is 13.1. The monoisotopic (exact) mass is 733 g/mol. The van der Waals surface area contributed by atoms with Crippen LogP contribution < -0.4 is 19.2 Å². The number of nitrogens with zero attached hydrogens (tertiary/aromatic N) is 2. The number of rotatable bonds is 11. The fourth-order valence-electron chi connectivity index (χ4n) is 3.85. The maximum atomic E-state index is 13.5. The average molecular weight is 736 g/mol. The second-order valence-corrected chi connectivity index (χ2v) is 13.1. The summed E-state index contributed by atoms with van der Waals surface area (Å²) in [5, 5.41) is 4.63. The van der Waals surface area contributed by atoms with Gasteiger partial charge in [0, 0.05) is 15.1 Å². The third kappa shape index (κ3) is 7.91. The molecule has 0 saturated carbocycles. The Balaban J connectivity index is 1.49. The van der Waals surface area contributed by atoms with Gasteiger partial charge in [0.15, 0.2) is 11.5 Å². The Morgan fingerprint density at radius 3 is 2.45 bits per heavy atom. The van der Waals surface area contributed by atoms with Crippen molar-refractivity contribution in [3.63, 3.8) is 0 Å². The SMILES string of the molecule is COc1cc(/C=N\NC(=O)CN(c2cccc(Br)c2)S(=O)(=O)c2ccc(C)cc2)cc(Br)c1OCc1ccccc1Cl. The zero-order chi connectivity index (χ0) is 30.3. The van der Waals surface area contributed by atoms with Crippen molar-refractivity contribution in [1.82, 2.24) is 5.43 Å². The molecule has 0 aliphatic heterocycles. The van der Waals surface area contributed by atoms with E-state index in [0.29, 0.717) is 36.7 Å². The summed E-state index contributed by atoms with van der Waals surface area (Å²) in [6.45, 7) is 1.60. The molecule has 0 fully saturated rings. The maximum Gasteiger partial charge on any atom is 0.264 e. The van der Waals surface area contributed by atoms with Crippen LogP contribution in [0.5, 0.6) is 11.5 Å². The average Bonchev–Trinajstić information content (AvgIpc) is 2.96. The second-order valence-electron chi connectivity index (χ2n) is 9.01. The van der Waals surface area contributed by atoms with Gasteiger partial charge in [-0.05, 0) is 76.9 Å². The van der Waals surface area contributed by atoms with E-state index in [0.717, 1.165) is 15.4 Å². The van der Waals surface area contributed by atoms with E-state index in [-0.39, 0.29) is 11.5 Å². The number of amides is 1. The Morgan fingerprint density at radius 1 is 1.02 bits per heavy atom. The van der Waals surface area contributed by atoms with Gasteiger partial charge in [-0.2, -0.15) is 5.10 Å². The zero-order valence-corrected chi connectivity index (χ0v) is 27.3. The molecular weight excluding hydrogens is 710 g/mol. The molecule has 0 atom stereocenters. The predicted molar refractivity (Wildman–Crippen MR) is 172 cm³/mol. The third-order valence-electron chi connectivity index (χ3n) is 5.98. The molecule has 218 valence electrons. The number of carbonyl (C=O) groups excluding carboxylic acids is 1. The summed E-state index contributed by atoms with van der Waals surface area (Å²) in [6, 6.07) is 24.0. The number of hydrazone groups is 1. The quantitative estimate of drug-likeness (QED) is 0.131. The maximum absolute atomic E-state index is 13.5. The first kappa shape index (κ1) is 31.6. The first-order chi connectivity index (χ1) is 20.1. The highest BCUT2D eigenvalue weighted by Gasteiger charge is 2.27. The minimum Gasteiger partial charge on any atom is -0.493 e. The second kappa shape index (κ2) is 14.2. The molecule has 0 unspecified atom stereocenters. The van der Waals surface area contributed by atoms with Crippen molar-refractivity contribution in [1.29, 1.82) is 0 Å². The number of carbonyl (C=O) groups is 1. The number of ether oxygens (including phenoxy) is 2. The topological polar surface area (TPSA) is 97.3 Å². The summed E-state index contributed by atoms with van der Waals surface area (Å²) in [5.41, 5.74) is 5.07. The Bertz CT molecular complexity index is 1720. The molecule has 12 heteroatoms. The summed E-state index contributed by atoms with van der Waals surface area (Å²) in [7, 11) is -2.54. The van der Waals surface area contributed by atoms with E-state index in [1.807, 2.05) is 25.1 Å². The number of halogens is 3. The highest BCUT2D eigenvalue weighted by molar-refractivity contribution is 9.10. The molecule has 0 saturated heterocycles. The number of nitrogens with one attached hydrogen (secondary N) is 1. The number of hydrogen-bond acceptors (Lipinski definition) is 6. The number of methoxy groups -OCH3 is 1. The van der Waals surface area contributed by atoms with Crippen LogP contribution in [0.3, 0.4) is 0 Å². The van der Waals surface area contributed by atoms with Gasteiger partial charge in [0.1, 0.15) is 13.2 Å². The number of sulfonamides is 1. The highest BCUT2D eigenvalue weighted by atomic mass is 79.9. The van der Waals surface area contributed by atoms with Gasteiger partial charge < -0.3 is 9.47 Å². The van der Waals surface area contributed by atoms with E-state index < -0.39 is 22.5 Å². The standard InChI is InChI=1S/C30H26Br2ClN3O5S/c1-20-10-12-25(13-11-20)42(38,39)36(24-8-5-7-23(31)16-24)18-29(37)35-34-17-21-14-26(32)30(28(15-21)40-2)41-19-22-6-3-4-9-27(22)33/h3-17H,18-19H2,1-2H3,(H,35,37)/b34-17-. The van der Waals surface area contributed by atoms with Gasteiger partial charge >= 0.3 is 0 Å². The molecule has 0 aliphatic rings. The lowest BCUT2D eigenvalue weighted by atomic mass is 10.2. The largest absolute Gasteiger partial charge is 0.493 e. The molecule has 0 aliphatic carbocycles. The van der Waals surface area contributed by atoms with E-state index in [1.165, 1.54) is 25.5 Å². The predicted octanol–water partition coefficient (Wildman–Crippen LogP) is 7.11. The molecule has 1 N–H and O–H groups in total. The first-order valence-electron chi connectivity index (χ1n) is 12.5. The van der Waals surface area contributed by atoms with Gasteiger partial charge in [-0.25, -0.2) is 13.8 Å². The van der Waals surface area contributed by atoms with E-state index in [2.05, 4.69) is 42.4 Å². The number of aryl methyl sites for hydroxylation is 1. The van der Waals surface area contributed by atoms with Crippen molar-refractivity contribution < 1.29 is 22.7 Å². The van der Waals surface area contributed by atoms with E-state index in [9.17, 15) is 13.2 Å². The Hall–Kier alpha value is -3.38. The van der Waals surface area contributed by atoms with Crippen LogP contribution in [0.15, 0.2) is 104 Å². The van der Waals surface area contributed by atoms with Gasteiger partial charge in [0.2, 0.25) is 0 Å². The lowest BCUT2D eigenvalue weighted by Gasteiger charge is -2.24. The van der Waals surface area contributed by atoms with Crippen molar-refractivity contribution in [2.24, 2.45) is 5.10 Å². The van der Waals surface area contributed by atoms with Crippen LogP contribution in [-0.4, -0.2) is 34.2 Å². The Kier molecular flexibility index (Phi) is 10.7. The van der Waals surface area contributed by atoms with Crippen LogP contribution in [0.1, 0.15) is 16.7 Å². The van der Waals surface area contributed by atoms with E-state index >= 15 is 0 Å². The van der Waals surface area contributed by atoms with Gasteiger partial charge in [-0.1, -0.05) is 69.5 Å². The van der Waals surface area contributed by atoms with Crippen LogP contribution in [0, 0.1) is 6.92 Å². The van der Waals surface area contributed by atoms with Crippen LogP contribution in [0.2, 0.25) is 5.02 Å². The van der Waals surface area contributed by atoms with Crippen molar-refractivity contribution in [2.75, 3.05) is 18.0 Å². The van der Waals surface area contributed by atoms with Crippen LogP contribution in [-0.2, 0) is 21.4 Å². The summed E-state index contributed by atoms with van der Waals surface area (Å²) in [5.74, 6) is 0.284. The fourth-order valence-corrected chi connectivity index (χ4v) is 6.41. The molecule has 4 rings (SSSR count). The minimum atomic E-state index is -4.05.